The molecule has 0 spiro atoms. The molecule has 3 heterocycles. The minimum absolute atomic E-state index is 0.761. The highest BCUT2D eigenvalue weighted by Gasteiger charge is 2.23. The molecule has 0 amide bonds. The number of fused-ring (bicyclic) bond motifs is 1. The molecular weight excluding hydrogens is 292 g/mol. The minimum Gasteiger partial charge on any atom is -0.399 e. The fraction of sp³-hybridized carbons (Fsp3) is 0.176. The largest absolute Gasteiger partial charge is 0.399 e. The van der Waals surface area contributed by atoms with Gasteiger partial charge in [0, 0.05) is 41.5 Å². The van der Waals surface area contributed by atoms with Gasteiger partial charge in [-0.1, -0.05) is 12.1 Å². The van der Waals surface area contributed by atoms with Gasteiger partial charge in [-0.2, -0.15) is 5.10 Å². The predicted molar refractivity (Wildman–Crippen MR) is 90.6 cm³/mol. The Hall–Kier alpha value is -2.27. The normalized spacial score (nSPS) is 13.8. The molecule has 1 aromatic carbocycles. The zero-order valence-corrected chi connectivity index (χ0v) is 12.9. The Bertz CT molecular complexity index is 811. The van der Waals surface area contributed by atoms with E-state index in [-0.39, 0.29) is 0 Å². The molecule has 5 heteroatoms. The van der Waals surface area contributed by atoms with Crippen molar-refractivity contribution in [2.75, 3.05) is 11.5 Å². The predicted octanol–water partition coefficient (Wildman–Crippen LogP) is 3.69. The Morgan fingerprint density at radius 3 is 2.77 bits per heavy atom. The third-order valence-corrected chi connectivity index (χ3v) is 4.97. The fourth-order valence-electron chi connectivity index (χ4n) is 2.79. The number of rotatable bonds is 2. The maximum absolute atomic E-state index is 5.96. The van der Waals surface area contributed by atoms with Crippen LogP contribution in [0.1, 0.15) is 6.42 Å². The Morgan fingerprint density at radius 2 is 1.95 bits per heavy atom. The molecular formula is C17H16N4S. The van der Waals surface area contributed by atoms with Crippen molar-refractivity contribution in [2.45, 2.75) is 18.0 Å². The molecule has 0 unspecified atom stereocenters. The Kier molecular flexibility index (Phi) is 3.35. The van der Waals surface area contributed by atoms with Crippen molar-refractivity contribution in [3.8, 4) is 22.4 Å². The summed E-state index contributed by atoms with van der Waals surface area (Å²) >= 11 is 1.88. The molecule has 0 saturated carbocycles. The van der Waals surface area contributed by atoms with Crippen LogP contribution in [0, 0.1) is 0 Å². The fourth-order valence-corrected chi connectivity index (χ4v) is 3.90. The Labute approximate surface area is 133 Å². The first-order valence-corrected chi connectivity index (χ1v) is 8.31. The molecule has 1 aliphatic rings. The number of pyridine rings is 1. The van der Waals surface area contributed by atoms with Crippen molar-refractivity contribution in [3.63, 3.8) is 0 Å². The van der Waals surface area contributed by atoms with Gasteiger partial charge in [-0.05, 0) is 36.2 Å². The molecule has 0 aliphatic carbocycles. The van der Waals surface area contributed by atoms with Crippen LogP contribution in [0.4, 0.5) is 5.69 Å². The Balaban J connectivity index is 1.96. The van der Waals surface area contributed by atoms with Gasteiger partial charge in [0.15, 0.2) is 0 Å². The summed E-state index contributed by atoms with van der Waals surface area (Å²) in [4.78, 5) is 4.13. The van der Waals surface area contributed by atoms with E-state index in [2.05, 4.69) is 15.7 Å². The van der Waals surface area contributed by atoms with Crippen molar-refractivity contribution >= 4 is 17.4 Å². The third-order valence-electron chi connectivity index (χ3n) is 3.79. The SMILES string of the molecule is Nc1cccc(-c2nn3c(c2-c2ccncc2)SCCC3)c1. The molecule has 0 atom stereocenters. The summed E-state index contributed by atoms with van der Waals surface area (Å²) in [6.07, 6.45) is 4.82. The lowest BCUT2D eigenvalue weighted by molar-refractivity contribution is 0.550. The van der Waals surface area contributed by atoms with Gasteiger partial charge < -0.3 is 5.73 Å². The van der Waals surface area contributed by atoms with Crippen molar-refractivity contribution in [1.29, 1.82) is 0 Å². The molecule has 0 saturated heterocycles. The molecule has 1 aliphatic heterocycles. The van der Waals surface area contributed by atoms with Crippen LogP contribution >= 0.6 is 11.8 Å². The quantitative estimate of drug-likeness (QED) is 0.734. The standard InChI is InChI=1S/C17H16N4S/c18-14-4-1-3-13(11-14)16-15(12-5-7-19-8-6-12)17-21(20-16)9-2-10-22-17/h1,3-8,11H,2,9-10,18H2. The van der Waals surface area contributed by atoms with Crippen LogP contribution in [0.2, 0.25) is 0 Å². The van der Waals surface area contributed by atoms with Gasteiger partial charge in [-0.15, -0.1) is 11.8 Å². The second kappa shape index (κ2) is 5.50. The number of aryl methyl sites for hydroxylation is 1. The minimum atomic E-state index is 0.761. The number of nitrogens with zero attached hydrogens (tertiary/aromatic N) is 3. The summed E-state index contributed by atoms with van der Waals surface area (Å²) in [5, 5.41) is 6.10. The van der Waals surface area contributed by atoms with Crippen LogP contribution in [-0.2, 0) is 6.54 Å². The number of nitrogens with two attached hydrogens (primary N) is 1. The van der Waals surface area contributed by atoms with E-state index in [1.54, 1.807) is 0 Å². The molecule has 0 radical (unpaired) electrons. The molecule has 110 valence electrons. The average Bonchev–Trinajstić information content (AvgIpc) is 2.95. The van der Waals surface area contributed by atoms with Gasteiger partial charge in [0.05, 0.1) is 0 Å². The first-order chi connectivity index (χ1) is 10.8. The van der Waals surface area contributed by atoms with E-state index < -0.39 is 0 Å². The van der Waals surface area contributed by atoms with Crippen LogP contribution in [0.5, 0.6) is 0 Å². The zero-order chi connectivity index (χ0) is 14.9. The smallest absolute Gasteiger partial charge is 0.102 e. The molecule has 22 heavy (non-hydrogen) atoms. The highest BCUT2D eigenvalue weighted by molar-refractivity contribution is 7.99. The van der Waals surface area contributed by atoms with E-state index >= 15 is 0 Å². The summed E-state index contributed by atoms with van der Waals surface area (Å²) in [5.41, 5.74) is 11.1. The number of thioether (sulfide) groups is 1. The van der Waals surface area contributed by atoms with E-state index in [9.17, 15) is 0 Å². The van der Waals surface area contributed by atoms with Gasteiger partial charge in [0.1, 0.15) is 10.7 Å². The summed E-state index contributed by atoms with van der Waals surface area (Å²) in [7, 11) is 0. The highest BCUT2D eigenvalue weighted by Crippen LogP contribution is 2.41. The summed E-state index contributed by atoms with van der Waals surface area (Å²) < 4.78 is 2.13. The summed E-state index contributed by atoms with van der Waals surface area (Å²) in [5.74, 6) is 1.14. The molecule has 2 aromatic heterocycles. The molecule has 0 fully saturated rings. The van der Waals surface area contributed by atoms with Crippen molar-refractivity contribution in [3.05, 3.63) is 48.8 Å². The van der Waals surface area contributed by atoms with Gasteiger partial charge in [0.25, 0.3) is 0 Å². The number of anilines is 1. The van der Waals surface area contributed by atoms with Crippen LogP contribution in [0.15, 0.2) is 53.8 Å². The van der Waals surface area contributed by atoms with Gasteiger partial charge in [0.2, 0.25) is 0 Å². The van der Waals surface area contributed by atoms with Crippen molar-refractivity contribution in [1.82, 2.24) is 14.8 Å². The maximum atomic E-state index is 5.96. The highest BCUT2D eigenvalue weighted by atomic mass is 32.2. The van der Waals surface area contributed by atoms with E-state index in [1.807, 2.05) is 54.5 Å². The number of hydrogen-bond donors (Lipinski definition) is 1. The number of benzene rings is 1. The summed E-state index contributed by atoms with van der Waals surface area (Å²) in [6, 6.07) is 12.0. The lowest BCUT2D eigenvalue weighted by Gasteiger charge is -2.14. The maximum Gasteiger partial charge on any atom is 0.102 e. The third kappa shape index (κ3) is 2.27. The number of nitrogen functional groups attached to an aromatic ring is 1. The van der Waals surface area contributed by atoms with E-state index in [0.29, 0.717) is 0 Å². The zero-order valence-electron chi connectivity index (χ0n) is 12.1. The average molecular weight is 308 g/mol. The monoisotopic (exact) mass is 308 g/mol. The topological polar surface area (TPSA) is 56.7 Å². The number of hydrogen-bond acceptors (Lipinski definition) is 4. The van der Waals surface area contributed by atoms with Crippen LogP contribution in [0.3, 0.4) is 0 Å². The van der Waals surface area contributed by atoms with Crippen LogP contribution < -0.4 is 5.73 Å². The van der Waals surface area contributed by atoms with Gasteiger partial charge in [-0.3, -0.25) is 9.67 Å². The first-order valence-electron chi connectivity index (χ1n) is 7.33. The Morgan fingerprint density at radius 1 is 1.09 bits per heavy atom. The van der Waals surface area contributed by atoms with E-state index in [0.717, 1.165) is 41.2 Å². The van der Waals surface area contributed by atoms with Crippen molar-refractivity contribution < 1.29 is 0 Å². The first kappa shape index (κ1) is 13.4. The molecule has 4 rings (SSSR count). The molecule has 0 bridgehead atoms. The second-order valence-corrected chi connectivity index (χ2v) is 6.40. The van der Waals surface area contributed by atoms with Gasteiger partial charge in [-0.25, -0.2) is 0 Å². The van der Waals surface area contributed by atoms with E-state index in [4.69, 9.17) is 10.8 Å². The van der Waals surface area contributed by atoms with Crippen LogP contribution in [-0.4, -0.2) is 20.5 Å². The van der Waals surface area contributed by atoms with Crippen molar-refractivity contribution in [2.24, 2.45) is 0 Å². The van der Waals surface area contributed by atoms with Gasteiger partial charge >= 0.3 is 0 Å². The lowest BCUT2D eigenvalue weighted by Crippen LogP contribution is -2.08. The summed E-state index contributed by atoms with van der Waals surface area (Å²) in [6.45, 7) is 0.975. The lowest BCUT2D eigenvalue weighted by atomic mass is 10.0. The van der Waals surface area contributed by atoms with E-state index in [1.165, 1.54) is 10.6 Å². The molecule has 2 N–H and O–H groups in total. The molecule has 4 nitrogen and oxygen atoms in total. The van der Waals surface area contributed by atoms with Crippen LogP contribution in [0.25, 0.3) is 22.4 Å². The number of aromatic nitrogens is 3. The second-order valence-electron chi connectivity index (χ2n) is 5.32. The molecule has 3 aromatic rings.